The second kappa shape index (κ2) is 8.04. The van der Waals surface area contributed by atoms with E-state index in [-0.39, 0.29) is 42.1 Å². The Bertz CT molecular complexity index is 1250. The average Bonchev–Trinajstić information content (AvgIpc) is 3.34. The highest BCUT2D eigenvalue weighted by Crippen LogP contribution is 2.38. The number of hydrogen-bond acceptors (Lipinski definition) is 6. The SMILES string of the molecule is COCC12CN(S(=O)(=O)c3cc4cc(C)ccc4[nH]3)CC(=O)N1CC1(CCN(C(C)=O)CC1)N2. The van der Waals surface area contributed by atoms with Crippen LogP contribution in [0.1, 0.15) is 25.3 Å². The van der Waals surface area contributed by atoms with E-state index >= 15 is 0 Å². The lowest BCUT2D eigenvalue weighted by Gasteiger charge is -2.45. The third kappa shape index (κ3) is 3.71. The van der Waals surface area contributed by atoms with Crippen molar-refractivity contribution in [3.8, 4) is 0 Å². The van der Waals surface area contributed by atoms with E-state index in [1.54, 1.807) is 25.0 Å². The zero-order chi connectivity index (χ0) is 24.3. The highest BCUT2D eigenvalue weighted by atomic mass is 32.2. The molecule has 1 aromatic carbocycles. The highest BCUT2D eigenvalue weighted by Gasteiger charge is 2.59. The molecule has 4 heterocycles. The molecule has 5 rings (SSSR count). The molecular formula is C23H31N5O5S. The summed E-state index contributed by atoms with van der Waals surface area (Å²) >= 11 is 0. The Morgan fingerprint density at radius 3 is 2.59 bits per heavy atom. The number of aromatic nitrogens is 1. The third-order valence-electron chi connectivity index (χ3n) is 7.44. The van der Waals surface area contributed by atoms with Gasteiger partial charge in [0.25, 0.3) is 10.0 Å². The van der Waals surface area contributed by atoms with E-state index < -0.39 is 15.7 Å². The van der Waals surface area contributed by atoms with Crippen molar-refractivity contribution < 1.29 is 22.7 Å². The lowest BCUT2D eigenvalue weighted by Crippen LogP contribution is -2.70. The number of carbonyl (C=O) groups is 2. The zero-order valence-electron chi connectivity index (χ0n) is 19.8. The Balaban J connectivity index is 1.45. The molecule has 2 amide bonds. The van der Waals surface area contributed by atoms with Gasteiger partial charge in [0.05, 0.1) is 19.7 Å². The van der Waals surface area contributed by atoms with E-state index in [9.17, 15) is 18.0 Å². The van der Waals surface area contributed by atoms with Crippen molar-refractivity contribution in [1.29, 1.82) is 0 Å². The summed E-state index contributed by atoms with van der Waals surface area (Å²) in [6, 6.07) is 7.33. The summed E-state index contributed by atoms with van der Waals surface area (Å²) in [6.45, 7) is 5.22. The van der Waals surface area contributed by atoms with Crippen LogP contribution in [0.2, 0.25) is 0 Å². The summed E-state index contributed by atoms with van der Waals surface area (Å²) in [4.78, 5) is 31.7. The number of H-pyrrole nitrogens is 1. The Kier molecular flexibility index (Phi) is 5.51. The summed E-state index contributed by atoms with van der Waals surface area (Å²) in [7, 11) is -2.39. The molecule has 10 nitrogen and oxygen atoms in total. The maximum atomic E-state index is 13.6. The molecule has 3 aliphatic rings. The van der Waals surface area contributed by atoms with Gasteiger partial charge in [-0.05, 0) is 38.0 Å². The molecule has 0 aliphatic carbocycles. The van der Waals surface area contributed by atoms with E-state index in [2.05, 4.69) is 10.3 Å². The van der Waals surface area contributed by atoms with Gasteiger partial charge in [0.1, 0.15) is 10.7 Å². The molecule has 0 bridgehead atoms. The molecule has 184 valence electrons. The van der Waals surface area contributed by atoms with E-state index in [1.165, 1.54) is 4.31 Å². The number of benzene rings is 1. The highest BCUT2D eigenvalue weighted by molar-refractivity contribution is 7.89. The Hall–Kier alpha value is -2.47. The van der Waals surface area contributed by atoms with Crippen molar-refractivity contribution >= 4 is 32.7 Å². The number of ether oxygens (including phenoxy) is 1. The molecule has 3 aliphatic heterocycles. The van der Waals surface area contributed by atoms with Crippen molar-refractivity contribution in [2.75, 3.05) is 46.4 Å². The number of carbonyl (C=O) groups excluding carboxylic acids is 2. The minimum Gasteiger partial charge on any atom is -0.381 e. The molecule has 1 atom stereocenters. The van der Waals surface area contributed by atoms with Gasteiger partial charge in [-0.25, -0.2) is 8.42 Å². The van der Waals surface area contributed by atoms with Crippen LogP contribution in [-0.2, 0) is 24.3 Å². The van der Waals surface area contributed by atoms with Crippen molar-refractivity contribution in [2.24, 2.45) is 0 Å². The minimum atomic E-state index is -3.95. The van der Waals surface area contributed by atoms with Crippen LogP contribution in [0.4, 0.5) is 0 Å². The molecule has 2 N–H and O–H groups in total. The summed E-state index contributed by atoms with van der Waals surface area (Å²) in [5.41, 5.74) is 0.432. The van der Waals surface area contributed by atoms with Gasteiger partial charge in [-0.15, -0.1) is 0 Å². The van der Waals surface area contributed by atoms with Crippen LogP contribution >= 0.6 is 0 Å². The van der Waals surface area contributed by atoms with Crippen molar-refractivity contribution in [3.05, 3.63) is 29.8 Å². The van der Waals surface area contributed by atoms with Gasteiger partial charge in [-0.1, -0.05) is 11.6 Å². The molecule has 3 fully saturated rings. The average molecular weight is 490 g/mol. The molecule has 1 aromatic heterocycles. The first-order valence-corrected chi connectivity index (χ1v) is 13.0. The number of likely N-dealkylation sites (tertiary alicyclic amines) is 1. The fourth-order valence-electron chi connectivity index (χ4n) is 5.69. The molecule has 3 saturated heterocycles. The Labute approximate surface area is 199 Å². The standard InChI is InChI=1S/C23H31N5O5S/c1-16-4-5-19-18(10-16)11-20(24-19)34(31,32)27-12-21(30)28-13-22(25-23(28,14-27)15-33-3)6-8-26(9-7-22)17(2)29/h4-5,10-11,24-25H,6-9,12-15H2,1-3H3. The summed E-state index contributed by atoms with van der Waals surface area (Å²) in [5, 5.41) is 4.51. The molecule has 2 aromatic rings. The third-order valence-corrected chi connectivity index (χ3v) is 9.16. The number of aryl methyl sites for hydroxylation is 1. The molecule has 11 heteroatoms. The van der Waals surface area contributed by atoms with Gasteiger partial charge in [-0.3, -0.25) is 14.9 Å². The topological polar surface area (TPSA) is 115 Å². The summed E-state index contributed by atoms with van der Waals surface area (Å²) < 4.78 is 34.0. The van der Waals surface area contributed by atoms with Crippen LogP contribution in [0.25, 0.3) is 10.9 Å². The second-order valence-corrected chi connectivity index (χ2v) is 11.8. The van der Waals surface area contributed by atoms with E-state index in [1.807, 2.05) is 30.0 Å². The molecule has 0 saturated carbocycles. The van der Waals surface area contributed by atoms with Crippen molar-refractivity contribution in [1.82, 2.24) is 24.4 Å². The largest absolute Gasteiger partial charge is 0.381 e. The van der Waals surface area contributed by atoms with Crippen LogP contribution in [0.15, 0.2) is 29.3 Å². The number of fused-ring (bicyclic) bond motifs is 2. The van der Waals surface area contributed by atoms with Gasteiger partial charge in [0.2, 0.25) is 11.8 Å². The fraction of sp³-hybridized carbons (Fsp3) is 0.565. The molecule has 1 unspecified atom stereocenters. The fourth-order valence-corrected chi connectivity index (χ4v) is 7.15. The molecule has 1 spiro atoms. The zero-order valence-corrected chi connectivity index (χ0v) is 20.6. The maximum absolute atomic E-state index is 13.6. The number of piperidine rings is 1. The monoisotopic (exact) mass is 489 g/mol. The van der Waals surface area contributed by atoms with Crippen LogP contribution in [0, 0.1) is 6.92 Å². The van der Waals surface area contributed by atoms with Crippen LogP contribution < -0.4 is 5.32 Å². The summed E-state index contributed by atoms with van der Waals surface area (Å²) in [6.07, 6.45) is 1.38. The van der Waals surface area contributed by atoms with Gasteiger partial charge in [-0.2, -0.15) is 4.31 Å². The van der Waals surface area contributed by atoms with Crippen molar-refractivity contribution in [2.45, 2.75) is 42.9 Å². The first kappa shape index (κ1) is 23.3. The predicted molar refractivity (Wildman–Crippen MR) is 125 cm³/mol. The Morgan fingerprint density at radius 1 is 1.18 bits per heavy atom. The molecular weight excluding hydrogens is 458 g/mol. The number of sulfonamides is 1. The summed E-state index contributed by atoms with van der Waals surface area (Å²) in [5.74, 6) is -0.212. The van der Waals surface area contributed by atoms with Gasteiger partial charge >= 0.3 is 0 Å². The maximum Gasteiger partial charge on any atom is 0.259 e. The van der Waals surface area contributed by atoms with E-state index in [0.717, 1.165) is 16.5 Å². The van der Waals surface area contributed by atoms with Gasteiger partial charge in [0.15, 0.2) is 0 Å². The number of aromatic amines is 1. The van der Waals surface area contributed by atoms with E-state index in [0.29, 0.717) is 32.5 Å². The first-order chi connectivity index (χ1) is 16.1. The normalized spacial score (nSPS) is 25.3. The predicted octanol–water partition coefficient (Wildman–Crippen LogP) is 0.636. The van der Waals surface area contributed by atoms with Gasteiger partial charge < -0.3 is 19.5 Å². The first-order valence-electron chi connectivity index (χ1n) is 11.5. The lowest BCUT2D eigenvalue weighted by atomic mass is 9.88. The molecule has 34 heavy (non-hydrogen) atoms. The number of methoxy groups -OCH3 is 1. The number of rotatable bonds is 4. The lowest BCUT2D eigenvalue weighted by molar-refractivity contribution is -0.144. The minimum absolute atomic E-state index is 0.0408. The smallest absolute Gasteiger partial charge is 0.259 e. The van der Waals surface area contributed by atoms with Crippen LogP contribution in [-0.4, -0.2) is 97.0 Å². The number of piperazine rings is 1. The van der Waals surface area contributed by atoms with E-state index in [4.69, 9.17) is 4.74 Å². The Morgan fingerprint density at radius 2 is 1.91 bits per heavy atom. The van der Waals surface area contributed by atoms with Crippen molar-refractivity contribution in [3.63, 3.8) is 0 Å². The number of nitrogens with one attached hydrogen (secondary N) is 2. The van der Waals surface area contributed by atoms with Crippen LogP contribution in [0.5, 0.6) is 0 Å². The quantitative estimate of drug-likeness (QED) is 0.651. The number of nitrogens with zero attached hydrogens (tertiary/aromatic N) is 3. The number of hydrogen-bond donors (Lipinski definition) is 2. The number of amides is 2. The van der Waals surface area contributed by atoms with Crippen LogP contribution in [0.3, 0.4) is 0 Å². The molecule has 0 radical (unpaired) electrons. The van der Waals surface area contributed by atoms with Gasteiger partial charge in [0, 0.05) is 50.1 Å². The second-order valence-electron chi connectivity index (χ2n) is 9.85.